The van der Waals surface area contributed by atoms with Crippen molar-refractivity contribution in [3.8, 4) is 5.75 Å². The lowest BCUT2D eigenvalue weighted by Gasteiger charge is -2.46. The van der Waals surface area contributed by atoms with Crippen LogP contribution in [0.3, 0.4) is 0 Å². The third-order valence-electron chi connectivity index (χ3n) is 4.81. The molecule has 3 rings (SSSR count). The van der Waals surface area contributed by atoms with Crippen LogP contribution in [0.5, 0.6) is 5.75 Å². The van der Waals surface area contributed by atoms with Gasteiger partial charge in [-0.15, -0.1) is 0 Å². The molecule has 1 aliphatic heterocycles. The van der Waals surface area contributed by atoms with Crippen LogP contribution < -0.4 is 15.4 Å². The van der Waals surface area contributed by atoms with E-state index in [1.165, 1.54) is 6.42 Å². The average Bonchev–Trinajstić information content (AvgIpc) is 2.73. The van der Waals surface area contributed by atoms with E-state index < -0.39 is 0 Å². The minimum Gasteiger partial charge on any atom is -0.497 e. The van der Waals surface area contributed by atoms with Crippen molar-refractivity contribution in [2.24, 2.45) is 22.6 Å². The molecule has 1 saturated carbocycles. The summed E-state index contributed by atoms with van der Waals surface area (Å²) in [5.41, 5.74) is 7.38. The standard InChI is InChI=1S/C17H25N3O/c1-12-7-13(2)10-17(9-12)11-19-16(18)20(17)14-5-4-6-15(8-14)21-3/h4-6,8,12-13H,7,9-11H2,1-3H3,(H2,18,19). The van der Waals surface area contributed by atoms with E-state index in [-0.39, 0.29) is 5.54 Å². The first-order valence-electron chi connectivity index (χ1n) is 7.78. The van der Waals surface area contributed by atoms with Gasteiger partial charge < -0.3 is 15.4 Å². The summed E-state index contributed by atoms with van der Waals surface area (Å²) in [4.78, 5) is 6.83. The number of benzene rings is 1. The van der Waals surface area contributed by atoms with Gasteiger partial charge >= 0.3 is 0 Å². The lowest BCUT2D eigenvalue weighted by atomic mass is 9.71. The molecule has 4 heteroatoms. The summed E-state index contributed by atoms with van der Waals surface area (Å²) in [6, 6.07) is 8.14. The molecule has 21 heavy (non-hydrogen) atoms. The molecule has 1 aliphatic carbocycles. The number of hydrogen-bond acceptors (Lipinski definition) is 4. The molecular weight excluding hydrogens is 262 g/mol. The van der Waals surface area contributed by atoms with Crippen LogP contribution in [0.2, 0.25) is 0 Å². The van der Waals surface area contributed by atoms with Crippen molar-refractivity contribution in [2.75, 3.05) is 18.6 Å². The van der Waals surface area contributed by atoms with Crippen LogP contribution in [-0.2, 0) is 0 Å². The van der Waals surface area contributed by atoms with Gasteiger partial charge in [-0.2, -0.15) is 0 Å². The zero-order chi connectivity index (χ0) is 15.0. The Bertz CT molecular complexity index is 545. The van der Waals surface area contributed by atoms with Crippen molar-refractivity contribution in [3.05, 3.63) is 24.3 Å². The second-order valence-corrected chi connectivity index (χ2v) is 6.79. The van der Waals surface area contributed by atoms with Crippen molar-refractivity contribution in [1.29, 1.82) is 0 Å². The van der Waals surface area contributed by atoms with Gasteiger partial charge in [-0.3, -0.25) is 4.99 Å². The molecule has 1 aromatic carbocycles. The van der Waals surface area contributed by atoms with Crippen LogP contribution in [0.25, 0.3) is 0 Å². The van der Waals surface area contributed by atoms with Crippen molar-refractivity contribution in [3.63, 3.8) is 0 Å². The highest BCUT2D eigenvalue weighted by Gasteiger charge is 2.47. The summed E-state index contributed by atoms with van der Waals surface area (Å²) < 4.78 is 5.36. The summed E-state index contributed by atoms with van der Waals surface area (Å²) in [7, 11) is 1.70. The third kappa shape index (κ3) is 2.47. The lowest BCUT2D eigenvalue weighted by Crippen LogP contribution is -2.55. The Morgan fingerprint density at radius 2 is 2.00 bits per heavy atom. The van der Waals surface area contributed by atoms with Gasteiger partial charge in [-0.1, -0.05) is 19.9 Å². The van der Waals surface area contributed by atoms with Crippen LogP contribution >= 0.6 is 0 Å². The van der Waals surface area contributed by atoms with Crippen molar-refractivity contribution in [2.45, 2.75) is 38.6 Å². The Morgan fingerprint density at radius 1 is 1.29 bits per heavy atom. The summed E-state index contributed by atoms with van der Waals surface area (Å²) in [5.74, 6) is 2.93. The van der Waals surface area contributed by atoms with E-state index in [0.717, 1.165) is 30.8 Å². The lowest BCUT2D eigenvalue weighted by molar-refractivity contribution is 0.197. The summed E-state index contributed by atoms with van der Waals surface area (Å²) in [5, 5.41) is 0. The zero-order valence-electron chi connectivity index (χ0n) is 13.2. The molecule has 0 bridgehead atoms. The van der Waals surface area contributed by atoms with E-state index in [0.29, 0.717) is 17.8 Å². The minimum absolute atomic E-state index is 0.0491. The highest BCUT2D eigenvalue weighted by Crippen LogP contribution is 2.44. The molecule has 0 aromatic heterocycles. The molecule has 1 spiro atoms. The Kier molecular flexibility index (Phi) is 3.56. The number of aliphatic imine (C=N–C) groups is 1. The van der Waals surface area contributed by atoms with Gasteiger partial charge in [0.05, 0.1) is 19.2 Å². The highest BCUT2D eigenvalue weighted by molar-refractivity contribution is 5.98. The number of rotatable bonds is 2. The Hall–Kier alpha value is -1.71. The van der Waals surface area contributed by atoms with E-state index in [1.54, 1.807) is 7.11 Å². The fourth-order valence-electron chi connectivity index (χ4n) is 4.31. The molecule has 1 heterocycles. The second kappa shape index (κ2) is 5.24. The molecule has 114 valence electrons. The number of anilines is 1. The van der Waals surface area contributed by atoms with Gasteiger partial charge in [0, 0.05) is 11.8 Å². The van der Waals surface area contributed by atoms with E-state index in [1.807, 2.05) is 12.1 Å². The predicted molar refractivity (Wildman–Crippen MR) is 86.9 cm³/mol. The van der Waals surface area contributed by atoms with Crippen LogP contribution in [0.1, 0.15) is 33.1 Å². The summed E-state index contributed by atoms with van der Waals surface area (Å²) in [6.07, 6.45) is 3.60. The van der Waals surface area contributed by atoms with Gasteiger partial charge in [0.25, 0.3) is 0 Å². The summed E-state index contributed by atoms with van der Waals surface area (Å²) >= 11 is 0. The van der Waals surface area contributed by atoms with Crippen LogP contribution in [0.15, 0.2) is 29.3 Å². The zero-order valence-corrected chi connectivity index (χ0v) is 13.2. The molecule has 0 amide bonds. The first-order valence-corrected chi connectivity index (χ1v) is 7.78. The molecule has 2 aliphatic rings. The number of guanidine groups is 1. The number of hydrogen-bond donors (Lipinski definition) is 1. The Balaban J connectivity index is 1.98. The largest absolute Gasteiger partial charge is 0.497 e. The fourth-order valence-corrected chi connectivity index (χ4v) is 4.31. The molecule has 2 N–H and O–H groups in total. The van der Waals surface area contributed by atoms with Gasteiger partial charge in [0.2, 0.25) is 0 Å². The molecule has 0 saturated heterocycles. The smallest absolute Gasteiger partial charge is 0.196 e. The maximum Gasteiger partial charge on any atom is 0.196 e. The van der Waals surface area contributed by atoms with E-state index in [9.17, 15) is 0 Å². The van der Waals surface area contributed by atoms with Crippen molar-refractivity contribution in [1.82, 2.24) is 0 Å². The monoisotopic (exact) mass is 287 g/mol. The van der Waals surface area contributed by atoms with Crippen LogP contribution in [0, 0.1) is 11.8 Å². The maximum atomic E-state index is 6.23. The number of methoxy groups -OCH3 is 1. The van der Waals surface area contributed by atoms with Gasteiger partial charge in [-0.05, 0) is 43.2 Å². The third-order valence-corrected chi connectivity index (χ3v) is 4.81. The van der Waals surface area contributed by atoms with Crippen LogP contribution in [-0.4, -0.2) is 25.2 Å². The normalized spacial score (nSPS) is 32.3. The highest BCUT2D eigenvalue weighted by atomic mass is 16.5. The van der Waals surface area contributed by atoms with Crippen LogP contribution in [0.4, 0.5) is 5.69 Å². The van der Waals surface area contributed by atoms with Gasteiger partial charge in [-0.25, -0.2) is 0 Å². The quantitative estimate of drug-likeness (QED) is 0.909. The maximum absolute atomic E-state index is 6.23. The molecule has 0 radical (unpaired) electrons. The molecular formula is C17H25N3O. The SMILES string of the molecule is COc1cccc(N2C(N)=NCC23CC(C)CC(C)C3)c1. The fraction of sp³-hybridized carbons (Fsp3) is 0.588. The topological polar surface area (TPSA) is 50.9 Å². The summed E-state index contributed by atoms with van der Waals surface area (Å²) in [6.45, 7) is 5.50. The average molecular weight is 287 g/mol. The second-order valence-electron chi connectivity index (χ2n) is 6.79. The number of nitrogens with two attached hydrogens (primary N) is 1. The van der Waals surface area contributed by atoms with Gasteiger partial charge in [0.1, 0.15) is 5.75 Å². The first kappa shape index (κ1) is 14.2. The molecule has 1 aromatic rings. The van der Waals surface area contributed by atoms with Crippen molar-refractivity contribution >= 4 is 11.6 Å². The van der Waals surface area contributed by atoms with Crippen molar-refractivity contribution < 1.29 is 4.74 Å². The van der Waals surface area contributed by atoms with Gasteiger partial charge in [0.15, 0.2) is 5.96 Å². The minimum atomic E-state index is 0.0491. The molecule has 1 fully saturated rings. The molecule has 2 unspecified atom stereocenters. The molecule has 4 nitrogen and oxygen atoms in total. The van der Waals surface area contributed by atoms with E-state index in [4.69, 9.17) is 10.5 Å². The first-order chi connectivity index (χ1) is 10.0. The van der Waals surface area contributed by atoms with E-state index >= 15 is 0 Å². The number of ether oxygens (including phenoxy) is 1. The predicted octanol–water partition coefficient (Wildman–Crippen LogP) is 3.02. The Morgan fingerprint density at radius 3 is 2.67 bits per heavy atom. The molecule has 2 atom stereocenters. The number of nitrogens with zero attached hydrogens (tertiary/aromatic N) is 2. The van der Waals surface area contributed by atoms with E-state index in [2.05, 4.69) is 35.9 Å². The Labute approximate surface area is 127 Å².